The van der Waals surface area contributed by atoms with Gasteiger partial charge in [0.1, 0.15) is 0 Å². The molecule has 0 spiro atoms. The van der Waals surface area contributed by atoms with Crippen LogP contribution in [0.25, 0.3) is 0 Å². The van der Waals surface area contributed by atoms with Crippen molar-refractivity contribution >= 4 is 38.7 Å². The van der Waals surface area contributed by atoms with Crippen LogP contribution in [-0.4, -0.2) is 25.5 Å². The Balaban J connectivity index is 2.14. The summed E-state index contributed by atoms with van der Waals surface area (Å²) in [6.07, 6.45) is 1.13. The lowest BCUT2D eigenvalue weighted by Gasteiger charge is -2.08. The van der Waals surface area contributed by atoms with Gasteiger partial charge in [0.05, 0.1) is 21.4 Å². The fourth-order valence-corrected chi connectivity index (χ4v) is 2.99. The molecule has 1 N–H and O–H groups in total. The van der Waals surface area contributed by atoms with Gasteiger partial charge < -0.3 is 5.32 Å². The van der Waals surface area contributed by atoms with Crippen LogP contribution in [0.1, 0.15) is 15.9 Å². The van der Waals surface area contributed by atoms with Gasteiger partial charge in [0.2, 0.25) is 0 Å². The van der Waals surface area contributed by atoms with Gasteiger partial charge >= 0.3 is 0 Å². The van der Waals surface area contributed by atoms with Gasteiger partial charge in [0.15, 0.2) is 9.84 Å². The highest BCUT2D eigenvalue weighted by Gasteiger charge is 2.13. The maximum atomic E-state index is 12.2. The molecule has 0 heterocycles. The van der Waals surface area contributed by atoms with Crippen molar-refractivity contribution in [1.29, 1.82) is 0 Å². The molecular weight excluding hydrogens is 356 g/mol. The molecule has 7 nitrogen and oxygen atoms in total. The summed E-state index contributed by atoms with van der Waals surface area (Å²) in [6, 6.07) is 9.81. The molecule has 9 heteroatoms. The third kappa shape index (κ3) is 4.77. The molecule has 0 saturated heterocycles. The predicted octanol–water partition coefficient (Wildman–Crippen LogP) is 3.05. The molecule has 0 radical (unpaired) electrons. The molecule has 126 valence electrons. The molecular formula is C15H13ClN2O5S. The molecule has 0 aliphatic rings. The number of nitro groups is 1. The SMILES string of the molecule is CS(=O)(=O)Cc1ccc(C(=O)Nc2ccc([N+](=O)[O-])cc2Cl)cc1. The van der Waals surface area contributed by atoms with Gasteiger partial charge in [-0.15, -0.1) is 0 Å². The van der Waals surface area contributed by atoms with Gasteiger partial charge in [0.25, 0.3) is 11.6 Å². The van der Waals surface area contributed by atoms with E-state index in [1.807, 2.05) is 0 Å². The zero-order valence-electron chi connectivity index (χ0n) is 12.5. The number of nitrogens with zero attached hydrogens (tertiary/aromatic N) is 1. The number of rotatable bonds is 5. The number of nitro benzene ring substituents is 1. The summed E-state index contributed by atoms with van der Waals surface area (Å²) in [5.41, 5.74) is 0.944. The first-order valence-electron chi connectivity index (χ1n) is 6.68. The Bertz CT molecular complexity index is 895. The van der Waals surface area contributed by atoms with Crippen molar-refractivity contribution < 1.29 is 18.1 Å². The molecule has 0 fully saturated rings. The Morgan fingerprint density at radius 1 is 1.21 bits per heavy atom. The topological polar surface area (TPSA) is 106 Å². The van der Waals surface area contributed by atoms with Crippen LogP contribution in [0.15, 0.2) is 42.5 Å². The highest BCUT2D eigenvalue weighted by atomic mass is 35.5. The minimum Gasteiger partial charge on any atom is -0.321 e. The number of carbonyl (C=O) groups excluding carboxylic acids is 1. The minimum atomic E-state index is -3.15. The van der Waals surface area contributed by atoms with Crippen LogP contribution in [0.4, 0.5) is 11.4 Å². The second kappa shape index (κ2) is 6.98. The average molecular weight is 369 g/mol. The van der Waals surface area contributed by atoms with E-state index in [0.717, 1.165) is 12.3 Å². The summed E-state index contributed by atoms with van der Waals surface area (Å²) in [4.78, 5) is 22.2. The normalized spacial score (nSPS) is 11.1. The van der Waals surface area contributed by atoms with Gasteiger partial charge in [-0.3, -0.25) is 14.9 Å². The summed E-state index contributed by atoms with van der Waals surface area (Å²) in [5.74, 6) is -0.569. The van der Waals surface area contributed by atoms with E-state index >= 15 is 0 Å². The second-order valence-electron chi connectivity index (χ2n) is 5.14. The molecule has 0 atom stereocenters. The summed E-state index contributed by atoms with van der Waals surface area (Å²) < 4.78 is 22.5. The number of benzene rings is 2. The first-order valence-corrected chi connectivity index (χ1v) is 9.11. The van der Waals surface area contributed by atoms with Crippen LogP contribution in [0.3, 0.4) is 0 Å². The zero-order chi connectivity index (χ0) is 17.9. The Morgan fingerprint density at radius 3 is 2.33 bits per heavy atom. The van der Waals surface area contributed by atoms with Crippen molar-refractivity contribution in [2.24, 2.45) is 0 Å². The zero-order valence-corrected chi connectivity index (χ0v) is 14.1. The van der Waals surface area contributed by atoms with Crippen LogP contribution in [-0.2, 0) is 15.6 Å². The number of anilines is 1. The summed E-state index contributed by atoms with van der Waals surface area (Å²) in [6.45, 7) is 0. The molecule has 0 aliphatic carbocycles. The highest BCUT2D eigenvalue weighted by Crippen LogP contribution is 2.27. The summed E-state index contributed by atoms with van der Waals surface area (Å²) >= 11 is 5.92. The second-order valence-corrected chi connectivity index (χ2v) is 7.69. The van der Waals surface area contributed by atoms with Crippen molar-refractivity contribution in [1.82, 2.24) is 0 Å². The molecule has 0 aromatic heterocycles. The van der Waals surface area contributed by atoms with Gasteiger partial charge in [-0.1, -0.05) is 23.7 Å². The van der Waals surface area contributed by atoms with Crippen molar-refractivity contribution in [3.05, 3.63) is 68.7 Å². The molecule has 0 aliphatic heterocycles. The number of non-ortho nitro benzene ring substituents is 1. The average Bonchev–Trinajstić information content (AvgIpc) is 2.48. The molecule has 1 amide bonds. The molecule has 0 bridgehead atoms. The lowest BCUT2D eigenvalue weighted by molar-refractivity contribution is -0.384. The van der Waals surface area contributed by atoms with Crippen LogP contribution in [0.5, 0.6) is 0 Å². The smallest absolute Gasteiger partial charge is 0.271 e. The first-order chi connectivity index (χ1) is 11.2. The van der Waals surface area contributed by atoms with E-state index in [0.29, 0.717) is 11.1 Å². The van der Waals surface area contributed by atoms with E-state index < -0.39 is 20.7 Å². The standard InChI is InChI=1S/C15H13ClN2O5S/c1-24(22,23)9-10-2-4-11(5-3-10)15(19)17-14-7-6-12(18(20)21)8-13(14)16/h2-8H,9H2,1H3,(H,17,19). The van der Waals surface area contributed by atoms with Gasteiger partial charge in [-0.2, -0.15) is 0 Å². The van der Waals surface area contributed by atoms with Gasteiger partial charge in [0, 0.05) is 24.0 Å². The Morgan fingerprint density at radius 2 is 1.83 bits per heavy atom. The van der Waals surface area contributed by atoms with Gasteiger partial charge in [-0.05, 0) is 23.8 Å². The van der Waals surface area contributed by atoms with E-state index in [2.05, 4.69) is 5.32 Å². The van der Waals surface area contributed by atoms with Crippen molar-refractivity contribution in [3.63, 3.8) is 0 Å². The quantitative estimate of drug-likeness (QED) is 0.644. The van der Waals surface area contributed by atoms with E-state index in [9.17, 15) is 23.3 Å². The Hall–Kier alpha value is -2.45. The third-order valence-electron chi connectivity index (χ3n) is 3.06. The van der Waals surface area contributed by atoms with Crippen LogP contribution >= 0.6 is 11.6 Å². The number of sulfone groups is 1. The highest BCUT2D eigenvalue weighted by molar-refractivity contribution is 7.89. The maximum absolute atomic E-state index is 12.2. The fourth-order valence-electron chi connectivity index (χ4n) is 1.97. The number of hydrogen-bond acceptors (Lipinski definition) is 5. The Kier molecular flexibility index (Phi) is 5.20. The maximum Gasteiger partial charge on any atom is 0.271 e. The molecule has 2 aromatic rings. The molecule has 0 saturated carbocycles. The van der Waals surface area contributed by atoms with E-state index in [1.165, 1.54) is 24.3 Å². The van der Waals surface area contributed by atoms with Crippen molar-refractivity contribution in [3.8, 4) is 0 Å². The van der Waals surface area contributed by atoms with Crippen LogP contribution in [0, 0.1) is 10.1 Å². The number of halogens is 1. The number of carbonyl (C=O) groups is 1. The predicted molar refractivity (Wildman–Crippen MR) is 91.0 cm³/mol. The van der Waals surface area contributed by atoms with E-state index in [4.69, 9.17) is 11.6 Å². The number of hydrogen-bond donors (Lipinski definition) is 1. The fraction of sp³-hybridized carbons (Fsp3) is 0.133. The monoisotopic (exact) mass is 368 g/mol. The van der Waals surface area contributed by atoms with E-state index in [-0.39, 0.29) is 22.2 Å². The molecule has 24 heavy (non-hydrogen) atoms. The first kappa shape index (κ1) is 17.9. The van der Waals surface area contributed by atoms with Crippen LogP contribution < -0.4 is 5.32 Å². The lowest BCUT2D eigenvalue weighted by Crippen LogP contribution is -2.12. The minimum absolute atomic E-state index is 0.0475. The molecule has 2 aromatic carbocycles. The summed E-state index contributed by atoms with van der Waals surface area (Å²) in [7, 11) is -3.15. The van der Waals surface area contributed by atoms with Crippen molar-refractivity contribution in [2.75, 3.05) is 11.6 Å². The van der Waals surface area contributed by atoms with Gasteiger partial charge in [-0.25, -0.2) is 8.42 Å². The number of nitrogens with one attached hydrogen (secondary N) is 1. The van der Waals surface area contributed by atoms with E-state index in [1.54, 1.807) is 12.1 Å². The third-order valence-corrected chi connectivity index (χ3v) is 4.23. The molecule has 2 rings (SSSR count). The lowest BCUT2D eigenvalue weighted by atomic mass is 10.1. The number of amides is 1. The largest absolute Gasteiger partial charge is 0.321 e. The van der Waals surface area contributed by atoms with Crippen LogP contribution in [0.2, 0.25) is 5.02 Å². The molecule has 0 unspecified atom stereocenters. The van der Waals surface area contributed by atoms with Crippen molar-refractivity contribution in [2.45, 2.75) is 5.75 Å². The Labute approximate surface area is 143 Å². The summed E-state index contributed by atoms with van der Waals surface area (Å²) in [5, 5.41) is 13.3.